The van der Waals surface area contributed by atoms with Crippen LogP contribution in [0.1, 0.15) is 48.8 Å². The summed E-state index contributed by atoms with van der Waals surface area (Å²) in [4.78, 5) is 6.81. The summed E-state index contributed by atoms with van der Waals surface area (Å²) in [6.07, 6.45) is 3.39. The van der Waals surface area contributed by atoms with E-state index in [2.05, 4.69) is 59.3 Å². The Bertz CT molecular complexity index is 1090. The predicted octanol–water partition coefficient (Wildman–Crippen LogP) is 4.81. The third kappa shape index (κ3) is 5.25. The molecule has 3 heterocycles. The molecule has 6 heteroatoms. The SMILES string of the molecule is Cc1cc(C(F)=Cc2ccc(C(C)(C)C)cc2)nn1Cc1ccnc(N2CCNCC2)c1. The average molecular weight is 434 g/mol. The van der Waals surface area contributed by atoms with Gasteiger partial charge in [0.2, 0.25) is 0 Å². The molecule has 1 fully saturated rings. The van der Waals surface area contributed by atoms with Crippen LogP contribution < -0.4 is 10.2 Å². The molecule has 1 saturated heterocycles. The highest BCUT2D eigenvalue weighted by molar-refractivity contribution is 5.75. The zero-order valence-corrected chi connectivity index (χ0v) is 19.4. The smallest absolute Gasteiger partial charge is 0.151 e. The first-order valence-electron chi connectivity index (χ1n) is 11.2. The summed E-state index contributed by atoms with van der Waals surface area (Å²) in [7, 11) is 0. The summed E-state index contributed by atoms with van der Waals surface area (Å²) < 4.78 is 16.8. The van der Waals surface area contributed by atoms with Gasteiger partial charge in [-0.3, -0.25) is 4.68 Å². The molecular formula is C26H32FN5. The quantitative estimate of drug-likeness (QED) is 0.627. The molecule has 3 aromatic rings. The van der Waals surface area contributed by atoms with Crippen molar-refractivity contribution in [1.82, 2.24) is 20.1 Å². The van der Waals surface area contributed by atoms with Crippen molar-refractivity contribution >= 4 is 17.7 Å². The number of rotatable bonds is 5. The fourth-order valence-corrected chi connectivity index (χ4v) is 3.89. The molecule has 4 rings (SSSR count). The van der Waals surface area contributed by atoms with Crippen molar-refractivity contribution in [3.05, 3.63) is 76.7 Å². The molecule has 0 spiro atoms. The number of halogens is 1. The lowest BCUT2D eigenvalue weighted by molar-refractivity contribution is 0.584. The van der Waals surface area contributed by atoms with Gasteiger partial charge in [-0.25, -0.2) is 9.37 Å². The lowest BCUT2D eigenvalue weighted by Crippen LogP contribution is -2.43. The van der Waals surface area contributed by atoms with Gasteiger partial charge in [0.25, 0.3) is 0 Å². The van der Waals surface area contributed by atoms with Crippen LogP contribution in [0.5, 0.6) is 0 Å². The van der Waals surface area contributed by atoms with Crippen LogP contribution in [-0.2, 0) is 12.0 Å². The summed E-state index contributed by atoms with van der Waals surface area (Å²) in [6, 6.07) is 13.9. The predicted molar refractivity (Wildman–Crippen MR) is 130 cm³/mol. The van der Waals surface area contributed by atoms with Crippen molar-refractivity contribution in [2.24, 2.45) is 0 Å². The third-order valence-corrected chi connectivity index (χ3v) is 5.88. The molecule has 0 aliphatic carbocycles. The molecular weight excluding hydrogens is 401 g/mol. The van der Waals surface area contributed by atoms with Crippen LogP contribution in [0.15, 0.2) is 48.7 Å². The maximum absolute atomic E-state index is 15.0. The fourth-order valence-electron chi connectivity index (χ4n) is 3.89. The number of hydrogen-bond acceptors (Lipinski definition) is 4. The van der Waals surface area contributed by atoms with E-state index in [1.54, 1.807) is 12.1 Å². The Kier molecular flexibility index (Phi) is 6.42. The standard InChI is InChI=1S/C26H32FN5/c1-19-15-24(23(27)16-20-5-7-22(8-6-20)26(2,3)4)30-32(19)18-21-9-10-29-25(17-21)31-13-11-28-12-14-31/h5-10,15-17,28H,11-14,18H2,1-4H3. The Balaban J connectivity index is 1.50. The Morgan fingerprint density at radius 1 is 1.09 bits per heavy atom. The maximum Gasteiger partial charge on any atom is 0.151 e. The second-order valence-corrected chi connectivity index (χ2v) is 9.45. The van der Waals surface area contributed by atoms with E-state index in [-0.39, 0.29) is 11.2 Å². The van der Waals surface area contributed by atoms with Crippen LogP contribution in [0.2, 0.25) is 0 Å². The normalized spacial score (nSPS) is 15.3. The molecule has 32 heavy (non-hydrogen) atoms. The van der Waals surface area contributed by atoms with Crippen molar-refractivity contribution in [2.45, 2.75) is 39.7 Å². The molecule has 168 valence electrons. The molecule has 0 amide bonds. The number of aromatic nitrogens is 3. The van der Waals surface area contributed by atoms with Crippen LogP contribution in [0.25, 0.3) is 11.9 Å². The molecule has 5 nitrogen and oxygen atoms in total. The lowest BCUT2D eigenvalue weighted by atomic mass is 9.87. The van der Waals surface area contributed by atoms with Gasteiger partial charge in [-0.2, -0.15) is 5.10 Å². The van der Waals surface area contributed by atoms with E-state index in [4.69, 9.17) is 0 Å². The molecule has 0 atom stereocenters. The van der Waals surface area contributed by atoms with E-state index in [0.717, 1.165) is 48.8 Å². The molecule has 1 aliphatic heterocycles. The van der Waals surface area contributed by atoms with Gasteiger partial charge in [0.05, 0.1) is 6.54 Å². The Morgan fingerprint density at radius 2 is 1.81 bits per heavy atom. The number of pyridine rings is 1. The fraction of sp³-hybridized carbons (Fsp3) is 0.385. The van der Waals surface area contributed by atoms with Crippen LogP contribution >= 0.6 is 0 Å². The van der Waals surface area contributed by atoms with E-state index >= 15 is 0 Å². The Morgan fingerprint density at radius 3 is 2.50 bits per heavy atom. The summed E-state index contributed by atoms with van der Waals surface area (Å²) in [5, 5.41) is 7.89. The van der Waals surface area contributed by atoms with Gasteiger partial charge >= 0.3 is 0 Å². The van der Waals surface area contributed by atoms with Gasteiger partial charge in [0, 0.05) is 38.1 Å². The number of nitrogens with one attached hydrogen (secondary N) is 1. The second-order valence-electron chi connectivity index (χ2n) is 9.45. The molecule has 0 saturated carbocycles. The zero-order valence-electron chi connectivity index (χ0n) is 19.4. The van der Waals surface area contributed by atoms with Crippen LogP contribution in [0.4, 0.5) is 10.2 Å². The Labute approximate surface area is 190 Å². The summed E-state index contributed by atoms with van der Waals surface area (Å²) in [5.74, 6) is 0.658. The first-order chi connectivity index (χ1) is 15.3. The zero-order chi connectivity index (χ0) is 22.7. The van der Waals surface area contributed by atoms with Crippen LogP contribution in [0.3, 0.4) is 0 Å². The minimum Gasteiger partial charge on any atom is -0.354 e. The number of anilines is 1. The van der Waals surface area contributed by atoms with Gasteiger partial charge in [-0.05, 0) is 53.3 Å². The van der Waals surface area contributed by atoms with E-state index in [9.17, 15) is 4.39 Å². The highest BCUT2D eigenvalue weighted by Crippen LogP contribution is 2.25. The maximum atomic E-state index is 15.0. The molecule has 0 bridgehead atoms. The summed E-state index contributed by atoms with van der Waals surface area (Å²) in [5.41, 5.74) is 4.53. The summed E-state index contributed by atoms with van der Waals surface area (Å²) >= 11 is 0. The van der Waals surface area contributed by atoms with Crippen molar-refractivity contribution < 1.29 is 4.39 Å². The van der Waals surface area contributed by atoms with Gasteiger partial charge < -0.3 is 10.2 Å². The topological polar surface area (TPSA) is 46.0 Å². The van der Waals surface area contributed by atoms with Gasteiger partial charge in [-0.15, -0.1) is 0 Å². The van der Waals surface area contributed by atoms with Crippen molar-refractivity contribution in [1.29, 1.82) is 0 Å². The van der Waals surface area contributed by atoms with Crippen molar-refractivity contribution in [3.8, 4) is 0 Å². The first kappa shape index (κ1) is 22.2. The molecule has 1 N–H and O–H groups in total. The highest BCUT2D eigenvalue weighted by atomic mass is 19.1. The highest BCUT2D eigenvalue weighted by Gasteiger charge is 2.15. The van der Waals surface area contributed by atoms with E-state index < -0.39 is 0 Å². The Hall–Kier alpha value is -2.99. The number of nitrogens with zero attached hydrogens (tertiary/aromatic N) is 4. The van der Waals surface area contributed by atoms with Gasteiger partial charge in [0.1, 0.15) is 11.5 Å². The second kappa shape index (κ2) is 9.25. The van der Waals surface area contributed by atoms with Crippen LogP contribution in [0, 0.1) is 6.92 Å². The van der Waals surface area contributed by atoms with Crippen molar-refractivity contribution in [3.63, 3.8) is 0 Å². The molecule has 2 aromatic heterocycles. The number of benzene rings is 1. The third-order valence-electron chi connectivity index (χ3n) is 5.88. The van der Waals surface area contributed by atoms with Gasteiger partial charge in [-0.1, -0.05) is 45.0 Å². The first-order valence-corrected chi connectivity index (χ1v) is 11.2. The van der Waals surface area contributed by atoms with E-state index in [1.165, 1.54) is 5.56 Å². The minimum absolute atomic E-state index is 0.0778. The largest absolute Gasteiger partial charge is 0.354 e. The minimum atomic E-state index is -0.327. The summed E-state index contributed by atoms with van der Waals surface area (Å²) in [6.45, 7) is 12.9. The number of hydrogen-bond donors (Lipinski definition) is 1. The number of aryl methyl sites for hydroxylation is 1. The van der Waals surface area contributed by atoms with E-state index in [1.807, 2.05) is 36.0 Å². The monoisotopic (exact) mass is 433 g/mol. The van der Waals surface area contributed by atoms with Gasteiger partial charge in [0.15, 0.2) is 5.83 Å². The molecule has 1 aromatic carbocycles. The lowest BCUT2D eigenvalue weighted by Gasteiger charge is -2.28. The average Bonchev–Trinajstić information content (AvgIpc) is 3.15. The van der Waals surface area contributed by atoms with Crippen LogP contribution in [-0.4, -0.2) is 40.9 Å². The van der Waals surface area contributed by atoms with E-state index in [0.29, 0.717) is 12.2 Å². The molecule has 1 aliphatic rings. The number of piperazine rings is 1. The molecule has 0 unspecified atom stereocenters. The molecule has 0 radical (unpaired) electrons. The van der Waals surface area contributed by atoms with Crippen molar-refractivity contribution in [2.75, 3.05) is 31.1 Å².